The molecule has 2 aromatic carbocycles. The van der Waals surface area contributed by atoms with Gasteiger partial charge in [-0.15, -0.1) is 0 Å². The van der Waals surface area contributed by atoms with Gasteiger partial charge in [0.1, 0.15) is 0 Å². The zero-order valence-electron chi connectivity index (χ0n) is 11.9. The highest BCUT2D eigenvalue weighted by molar-refractivity contribution is 14.1. The summed E-state index contributed by atoms with van der Waals surface area (Å²) in [6, 6.07) is 12.0. The molecule has 1 aliphatic rings. The van der Waals surface area contributed by atoms with E-state index in [1.54, 1.807) is 0 Å². The zero-order chi connectivity index (χ0) is 14.8. The van der Waals surface area contributed by atoms with Crippen LogP contribution in [0.5, 0.6) is 0 Å². The number of aryl methyl sites for hydroxylation is 1. The van der Waals surface area contributed by atoms with Gasteiger partial charge in [0.25, 0.3) is 5.91 Å². The molecule has 1 heterocycles. The maximum absolute atomic E-state index is 12.5. The summed E-state index contributed by atoms with van der Waals surface area (Å²) in [5.74, 6) is -0.0397. The van der Waals surface area contributed by atoms with Crippen molar-refractivity contribution in [1.82, 2.24) is 5.32 Å². The van der Waals surface area contributed by atoms with E-state index in [1.807, 2.05) is 37.3 Å². The highest BCUT2D eigenvalue weighted by Crippen LogP contribution is 2.24. The fourth-order valence-corrected chi connectivity index (χ4v) is 3.25. The van der Waals surface area contributed by atoms with Gasteiger partial charge in [-0.05, 0) is 71.3 Å². The van der Waals surface area contributed by atoms with Gasteiger partial charge in [-0.3, -0.25) is 4.79 Å². The molecule has 21 heavy (non-hydrogen) atoms. The average Bonchev–Trinajstić information content (AvgIpc) is 2.50. The number of carbonyl (C=O) groups is 1. The number of hydrogen-bond acceptors (Lipinski definition) is 2. The van der Waals surface area contributed by atoms with Crippen molar-refractivity contribution in [3.8, 4) is 0 Å². The van der Waals surface area contributed by atoms with Crippen LogP contribution < -0.4 is 10.6 Å². The van der Waals surface area contributed by atoms with Crippen LogP contribution in [0.1, 0.15) is 27.0 Å². The lowest BCUT2D eigenvalue weighted by molar-refractivity contribution is 0.102. The van der Waals surface area contributed by atoms with Gasteiger partial charge in [0.15, 0.2) is 0 Å². The molecule has 1 amide bonds. The molecule has 0 radical (unpaired) electrons. The van der Waals surface area contributed by atoms with Crippen molar-refractivity contribution >= 4 is 34.2 Å². The molecule has 0 bridgehead atoms. The number of fused-ring (bicyclic) bond motifs is 1. The lowest BCUT2D eigenvalue weighted by atomic mass is 9.99. The number of benzene rings is 2. The number of hydrogen-bond donors (Lipinski definition) is 2. The standard InChI is InChI=1S/C17H17IN2O/c1-11-4-2-6-13(16(11)18)17(21)20-15-7-3-5-12-8-9-19-10-14(12)15/h2-7,19H,8-10H2,1H3,(H,20,21). The molecule has 0 saturated carbocycles. The molecule has 0 fully saturated rings. The van der Waals surface area contributed by atoms with Crippen LogP contribution in [0.2, 0.25) is 0 Å². The summed E-state index contributed by atoms with van der Waals surface area (Å²) in [5.41, 5.74) is 5.31. The molecule has 2 N–H and O–H groups in total. The lowest BCUT2D eigenvalue weighted by Gasteiger charge is -2.20. The molecule has 4 heteroatoms. The predicted octanol–water partition coefficient (Wildman–Crippen LogP) is 3.50. The first kappa shape index (κ1) is 14.5. The average molecular weight is 392 g/mol. The Balaban J connectivity index is 1.90. The number of anilines is 1. The van der Waals surface area contributed by atoms with Gasteiger partial charge in [0, 0.05) is 15.8 Å². The summed E-state index contributed by atoms with van der Waals surface area (Å²) in [6.45, 7) is 3.84. The first-order chi connectivity index (χ1) is 10.2. The Morgan fingerprint density at radius 2 is 2.05 bits per heavy atom. The molecule has 0 unspecified atom stereocenters. The van der Waals surface area contributed by atoms with E-state index in [-0.39, 0.29) is 5.91 Å². The fourth-order valence-electron chi connectivity index (χ4n) is 2.64. The van der Waals surface area contributed by atoms with Gasteiger partial charge in [-0.1, -0.05) is 24.3 Å². The van der Waals surface area contributed by atoms with Crippen molar-refractivity contribution in [1.29, 1.82) is 0 Å². The first-order valence-electron chi connectivity index (χ1n) is 7.05. The summed E-state index contributed by atoms with van der Waals surface area (Å²) in [6.07, 6.45) is 1.01. The molecule has 0 atom stereocenters. The Kier molecular flexibility index (Phi) is 4.26. The van der Waals surface area contributed by atoms with E-state index in [0.29, 0.717) is 0 Å². The predicted molar refractivity (Wildman–Crippen MR) is 93.7 cm³/mol. The molecule has 3 nitrogen and oxygen atoms in total. The van der Waals surface area contributed by atoms with Crippen molar-refractivity contribution in [2.45, 2.75) is 19.9 Å². The van der Waals surface area contributed by atoms with Crippen molar-refractivity contribution in [2.24, 2.45) is 0 Å². The second-order valence-electron chi connectivity index (χ2n) is 5.26. The van der Waals surface area contributed by atoms with Gasteiger partial charge in [-0.2, -0.15) is 0 Å². The Morgan fingerprint density at radius 1 is 1.24 bits per heavy atom. The molecule has 2 aromatic rings. The molecule has 0 aliphatic carbocycles. The van der Waals surface area contributed by atoms with E-state index in [1.165, 1.54) is 11.1 Å². The van der Waals surface area contributed by atoms with Crippen molar-refractivity contribution in [3.63, 3.8) is 0 Å². The Morgan fingerprint density at radius 3 is 2.90 bits per heavy atom. The zero-order valence-corrected chi connectivity index (χ0v) is 14.0. The Labute approximate surface area is 138 Å². The molecule has 1 aliphatic heterocycles. The molecule has 108 valence electrons. The third-order valence-corrected chi connectivity index (χ3v) is 5.26. The monoisotopic (exact) mass is 392 g/mol. The van der Waals surface area contributed by atoms with Crippen LogP contribution >= 0.6 is 22.6 Å². The Hall–Kier alpha value is -1.40. The normalized spacial score (nSPS) is 13.6. The summed E-state index contributed by atoms with van der Waals surface area (Å²) >= 11 is 2.23. The minimum absolute atomic E-state index is 0.0397. The van der Waals surface area contributed by atoms with Crippen molar-refractivity contribution < 1.29 is 4.79 Å². The van der Waals surface area contributed by atoms with E-state index < -0.39 is 0 Å². The molecule has 3 rings (SSSR count). The SMILES string of the molecule is Cc1cccc(C(=O)Nc2cccc3c2CNCC3)c1I. The van der Waals surface area contributed by atoms with Crippen LogP contribution in [0.4, 0.5) is 5.69 Å². The van der Waals surface area contributed by atoms with E-state index in [0.717, 1.165) is 39.9 Å². The number of rotatable bonds is 2. The van der Waals surface area contributed by atoms with Crippen LogP contribution in [-0.4, -0.2) is 12.5 Å². The highest BCUT2D eigenvalue weighted by atomic mass is 127. The minimum Gasteiger partial charge on any atom is -0.322 e. The van der Waals surface area contributed by atoms with E-state index in [4.69, 9.17) is 0 Å². The number of carbonyl (C=O) groups excluding carboxylic acids is 1. The van der Waals surface area contributed by atoms with E-state index in [9.17, 15) is 4.79 Å². The molecular weight excluding hydrogens is 375 g/mol. The van der Waals surface area contributed by atoms with Gasteiger partial charge < -0.3 is 10.6 Å². The van der Waals surface area contributed by atoms with E-state index >= 15 is 0 Å². The fraction of sp³-hybridized carbons (Fsp3) is 0.235. The highest BCUT2D eigenvalue weighted by Gasteiger charge is 2.16. The maximum atomic E-state index is 12.5. The van der Waals surface area contributed by atoms with Crippen LogP contribution in [0.25, 0.3) is 0 Å². The van der Waals surface area contributed by atoms with Crippen LogP contribution in [0.15, 0.2) is 36.4 Å². The molecule has 0 aromatic heterocycles. The number of amides is 1. The summed E-state index contributed by atoms with van der Waals surface area (Å²) in [5, 5.41) is 6.43. The quantitative estimate of drug-likeness (QED) is 0.769. The molecule has 0 saturated heterocycles. The minimum atomic E-state index is -0.0397. The number of halogens is 1. The second kappa shape index (κ2) is 6.15. The van der Waals surface area contributed by atoms with Gasteiger partial charge in [0.05, 0.1) is 5.56 Å². The summed E-state index contributed by atoms with van der Waals surface area (Å²) in [7, 11) is 0. The first-order valence-corrected chi connectivity index (χ1v) is 8.12. The van der Waals surface area contributed by atoms with Gasteiger partial charge in [0.2, 0.25) is 0 Å². The number of nitrogens with one attached hydrogen (secondary N) is 2. The third kappa shape index (κ3) is 2.96. The smallest absolute Gasteiger partial charge is 0.256 e. The second-order valence-corrected chi connectivity index (χ2v) is 6.34. The van der Waals surface area contributed by atoms with Crippen molar-refractivity contribution in [3.05, 3.63) is 62.2 Å². The van der Waals surface area contributed by atoms with Crippen LogP contribution in [-0.2, 0) is 13.0 Å². The van der Waals surface area contributed by atoms with Crippen molar-refractivity contribution in [2.75, 3.05) is 11.9 Å². The van der Waals surface area contributed by atoms with E-state index in [2.05, 4.69) is 39.3 Å². The largest absolute Gasteiger partial charge is 0.322 e. The molecule has 0 spiro atoms. The third-order valence-electron chi connectivity index (χ3n) is 3.83. The molecular formula is C17H17IN2O. The summed E-state index contributed by atoms with van der Waals surface area (Å²) < 4.78 is 1.01. The van der Waals surface area contributed by atoms with Gasteiger partial charge >= 0.3 is 0 Å². The van der Waals surface area contributed by atoms with Crippen LogP contribution in [0, 0.1) is 10.5 Å². The lowest BCUT2D eigenvalue weighted by Crippen LogP contribution is -2.25. The topological polar surface area (TPSA) is 41.1 Å². The Bertz CT molecular complexity index is 697. The summed E-state index contributed by atoms with van der Waals surface area (Å²) in [4.78, 5) is 12.5. The van der Waals surface area contributed by atoms with Crippen LogP contribution in [0.3, 0.4) is 0 Å². The maximum Gasteiger partial charge on any atom is 0.256 e. The van der Waals surface area contributed by atoms with Gasteiger partial charge in [-0.25, -0.2) is 0 Å².